The number of amides is 1. The Morgan fingerprint density at radius 2 is 2.10 bits per heavy atom. The second-order valence-corrected chi connectivity index (χ2v) is 7.80. The molecule has 0 aromatic rings. The van der Waals surface area contributed by atoms with Crippen LogP contribution in [0.2, 0.25) is 0 Å². The molecule has 2 N–H and O–H groups in total. The minimum Gasteiger partial charge on any atom is -0.337 e. The smallest absolute Gasteiger partial charge is 0.235 e. The van der Waals surface area contributed by atoms with Gasteiger partial charge in [0.2, 0.25) is 5.91 Å². The highest BCUT2D eigenvalue weighted by molar-refractivity contribution is 7.99. The van der Waals surface area contributed by atoms with Crippen LogP contribution >= 0.6 is 11.8 Å². The Bertz CT molecular complexity index is 378. The first kappa shape index (κ1) is 18.3. The fourth-order valence-corrected chi connectivity index (χ4v) is 3.83. The van der Waals surface area contributed by atoms with Crippen LogP contribution in [0, 0.1) is 17.2 Å². The van der Waals surface area contributed by atoms with Crippen LogP contribution in [0.5, 0.6) is 0 Å². The van der Waals surface area contributed by atoms with Gasteiger partial charge in [0.25, 0.3) is 0 Å². The lowest BCUT2D eigenvalue weighted by molar-refractivity contribution is -0.122. The number of nitriles is 1. The summed E-state index contributed by atoms with van der Waals surface area (Å²) in [5.41, 5.74) is -0.789. The molecule has 0 aromatic heterocycles. The van der Waals surface area contributed by atoms with Gasteiger partial charge in [-0.05, 0) is 31.4 Å². The summed E-state index contributed by atoms with van der Waals surface area (Å²) in [5.74, 6) is 1.12. The number of nitrogens with one attached hydrogen (secondary N) is 2. The van der Waals surface area contributed by atoms with Gasteiger partial charge in [0.05, 0.1) is 12.6 Å². The molecule has 1 saturated carbocycles. The molecule has 0 aromatic carbocycles. The second kappa shape index (κ2) is 8.65. The van der Waals surface area contributed by atoms with Crippen LogP contribution in [0.15, 0.2) is 0 Å². The van der Waals surface area contributed by atoms with E-state index in [1.54, 1.807) is 6.92 Å². The predicted octanol–water partition coefficient (Wildman–Crippen LogP) is 2.69. The predicted molar refractivity (Wildman–Crippen MR) is 89.2 cm³/mol. The van der Waals surface area contributed by atoms with E-state index in [4.69, 9.17) is 0 Å². The summed E-state index contributed by atoms with van der Waals surface area (Å²) in [6.45, 7) is 8.17. The summed E-state index contributed by atoms with van der Waals surface area (Å²) >= 11 is 1.99. The standard InChI is InChI=1S/C16H29N3OS/c1-5-21-14-9-7-6-8-13(14)18-10-15(20)19-16(4,11-17)12(2)3/h12-14,18H,5-10H2,1-4H3,(H,19,20)/t13-,14-,16-/m1/s1. The third-order valence-electron chi connectivity index (χ3n) is 4.39. The summed E-state index contributed by atoms with van der Waals surface area (Å²) in [7, 11) is 0. The molecule has 0 aliphatic heterocycles. The number of carbonyl (C=O) groups excluding carboxylic acids is 1. The van der Waals surface area contributed by atoms with Gasteiger partial charge >= 0.3 is 0 Å². The van der Waals surface area contributed by atoms with Gasteiger partial charge in [0.1, 0.15) is 5.54 Å². The maximum atomic E-state index is 12.1. The molecule has 0 spiro atoms. The van der Waals surface area contributed by atoms with Crippen LogP contribution in [0.25, 0.3) is 0 Å². The molecular formula is C16H29N3OS. The van der Waals surface area contributed by atoms with Crippen molar-refractivity contribution in [3.05, 3.63) is 0 Å². The highest BCUT2D eigenvalue weighted by Gasteiger charge is 2.30. The first-order valence-corrected chi connectivity index (χ1v) is 9.05. The molecule has 120 valence electrons. The average molecular weight is 311 g/mol. The highest BCUT2D eigenvalue weighted by Crippen LogP contribution is 2.28. The quantitative estimate of drug-likeness (QED) is 0.759. The molecule has 0 unspecified atom stereocenters. The van der Waals surface area contributed by atoms with Gasteiger partial charge in [0, 0.05) is 11.3 Å². The molecule has 0 heterocycles. The van der Waals surface area contributed by atoms with Gasteiger partial charge in [-0.3, -0.25) is 4.79 Å². The summed E-state index contributed by atoms with van der Waals surface area (Å²) in [4.78, 5) is 12.1. The van der Waals surface area contributed by atoms with Crippen LogP contribution in [0.3, 0.4) is 0 Å². The minimum atomic E-state index is -0.789. The fraction of sp³-hybridized carbons (Fsp3) is 0.875. The van der Waals surface area contributed by atoms with Gasteiger partial charge in [-0.25, -0.2) is 0 Å². The molecule has 0 bridgehead atoms. The Labute approximate surface area is 133 Å². The van der Waals surface area contributed by atoms with Crippen LogP contribution in [-0.2, 0) is 4.79 Å². The number of hydrogen-bond donors (Lipinski definition) is 2. The topological polar surface area (TPSA) is 64.9 Å². The SMILES string of the molecule is CCS[C@@H]1CCCC[C@H]1NCC(=O)N[C@](C)(C#N)C(C)C. The molecule has 0 radical (unpaired) electrons. The lowest BCUT2D eigenvalue weighted by Gasteiger charge is -2.32. The molecule has 1 rings (SSSR count). The fourth-order valence-electron chi connectivity index (χ4n) is 2.60. The maximum absolute atomic E-state index is 12.1. The van der Waals surface area contributed by atoms with E-state index in [0.717, 1.165) is 12.2 Å². The highest BCUT2D eigenvalue weighted by atomic mass is 32.2. The lowest BCUT2D eigenvalue weighted by Crippen LogP contribution is -2.53. The average Bonchev–Trinajstić information content (AvgIpc) is 2.46. The van der Waals surface area contributed by atoms with E-state index < -0.39 is 5.54 Å². The van der Waals surface area contributed by atoms with E-state index in [0.29, 0.717) is 17.8 Å². The van der Waals surface area contributed by atoms with E-state index in [9.17, 15) is 10.1 Å². The monoisotopic (exact) mass is 311 g/mol. The van der Waals surface area contributed by atoms with E-state index >= 15 is 0 Å². The number of rotatable bonds is 7. The van der Waals surface area contributed by atoms with Crippen LogP contribution in [0.1, 0.15) is 53.4 Å². The van der Waals surface area contributed by atoms with Crippen molar-refractivity contribution in [2.24, 2.45) is 5.92 Å². The molecule has 1 fully saturated rings. The van der Waals surface area contributed by atoms with Crippen molar-refractivity contribution in [2.45, 2.75) is 70.2 Å². The Hall–Kier alpha value is -0.730. The van der Waals surface area contributed by atoms with Crippen molar-refractivity contribution in [3.8, 4) is 6.07 Å². The number of carbonyl (C=O) groups is 1. The summed E-state index contributed by atoms with van der Waals surface area (Å²) in [5, 5.41) is 16.1. The van der Waals surface area contributed by atoms with E-state index in [1.807, 2.05) is 25.6 Å². The molecule has 3 atom stereocenters. The van der Waals surface area contributed by atoms with Crippen molar-refractivity contribution >= 4 is 17.7 Å². The zero-order chi connectivity index (χ0) is 15.9. The molecule has 0 saturated heterocycles. The molecule has 5 heteroatoms. The third kappa shape index (κ3) is 5.52. The molecule has 21 heavy (non-hydrogen) atoms. The first-order valence-electron chi connectivity index (χ1n) is 8.00. The molecular weight excluding hydrogens is 282 g/mol. The largest absolute Gasteiger partial charge is 0.337 e. The van der Waals surface area contributed by atoms with Crippen molar-refractivity contribution in [1.29, 1.82) is 5.26 Å². The van der Waals surface area contributed by atoms with Crippen molar-refractivity contribution in [1.82, 2.24) is 10.6 Å². The van der Waals surface area contributed by atoms with Gasteiger partial charge in [0.15, 0.2) is 0 Å². The summed E-state index contributed by atoms with van der Waals surface area (Å²) in [6.07, 6.45) is 4.91. The summed E-state index contributed by atoms with van der Waals surface area (Å²) < 4.78 is 0. The molecule has 4 nitrogen and oxygen atoms in total. The Morgan fingerprint density at radius 1 is 1.43 bits per heavy atom. The Morgan fingerprint density at radius 3 is 2.67 bits per heavy atom. The van der Waals surface area contributed by atoms with Crippen LogP contribution in [-0.4, -0.2) is 35.0 Å². The zero-order valence-corrected chi connectivity index (χ0v) is 14.6. The van der Waals surface area contributed by atoms with E-state index in [2.05, 4.69) is 23.6 Å². The number of hydrogen-bond acceptors (Lipinski definition) is 4. The second-order valence-electron chi connectivity index (χ2n) is 6.28. The van der Waals surface area contributed by atoms with Crippen LogP contribution < -0.4 is 10.6 Å². The first-order chi connectivity index (χ1) is 9.92. The third-order valence-corrected chi connectivity index (χ3v) is 5.72. The number of nitrogens with zero attached hydrogens (tertiary/aromatic N) is 1. The van der Waals surface area contributed by atoms with Gasteiger partial charge in [-0.15, -0.1) is 0 Å². The van der Waals surface area contributed by atoms with Crippen molar-refractivity contribution in [3.63, 3.8) is 0 Å². The van der Waals surface area contributed by atoms with Crippen molar-refractivity contribution < 1.29 is 4.79 Å². The maximum Gasteiger partial charge on any atom is 0.235 e. The Kier molecular flexibility index (Phi) is 7.55. The molecule has 1 aliphatic carbocycles. The Balaban J connectivity index is 2.46. The van der Waals surface area contributed by atoms with Crippen LogP contribution in [0.4, 0.5) is 0 Å². The van der Waals surface area contributed by atoms with E-state index in [1.165, 1.54) is 19.3 Å². The normalized spacial score (nSPS) is 25.1. The van der Waals surface area contributed by atoms with E-state index in [-0.39, 0.29) is 11.8 Å². The van der Waals surface area contributed by atoms with Gasteiger partial charge < -0.3 is 10.6 Å². The number of thioether (sulfide) groups is 1. The molecule has 1 aliphatic rings. The van der Waals surface area contributed by atoms with Gasteiger partial charge in [-0.2, -0.15) is 17.0 Å². The van der Waals surface area contributed by atoms with Crippen molar-refractivity contribution in [2.75, 3.05) is 12.3 Å². The lowest BCUT2D eigenvalue weighted by atomic mass is 9.90. The molecule has 1 amide bonds. The summed E-state index contributed by atoms with van der Waals surface area (Å²) in [6, 6.07) is 2.63. The van der Waals surface area contributed by atoms with Gasteiger partial charge in [-0.1, -0.05) is 33.6 Å². The zero-order valence-electron chi connectivity index (χ0n) is 13.7. The minimum absolute atomic E-state index is 0.0847.